The van der Waals surface area contributed by atoms with Gasteiger partial charge in [-0.15, -0.1) is 0 Å². The number of aldehydes is 1. The number of carbonyl (C=O) groups is 4. The molecular formula is C21H18NO6W-. The minimum Gasteiger partial charge on any atom is -0.458 e. The summed E-state index contributed by atoms with van der Waals surface area (Å²) in [5.41, 5.74) is -1.33. The van der Waals surface area contributed by atoms with E-state index in [2.05, 4.69) is 12.2 Å². The van der Waals surface area contributed by atoms with Crippen molar-refractivity contribution in [3.05, 3.63) is 78.7 Å². The second kappa shape index (κ2) is 9.61. The van der Waals surface area contributed by atoms with E-state index in [9.17, 15) is 19.2 Å². The Labute approximate surface area is 182 Å². The van der Waals surface area contributed by atoms with Crippen LogP contribution in [0.15, 0.2) is 60.7 Å². The van der Waals surface area contributed by atoms with Crippen LogP contribution in [-0.2, 0) is 40.1 Å². The molecule has 1 aliphatic rings. The number of ether oxygens (including phenoxy) is 2. The van der Waals surface area contributed by atoms with Crippen molar-refractivity contribution in [3.8, 4) is 0 Å². The van der Waals surface area contributed by atoms with Gasteiger partial charge < -0.3 is 26.5 Å². The van der Waals surface area contributed by atoms with Crippen LogP contribution in [0, 0.1) is 6.92 Å². The van der Waals surface area contributed by atoms with Gasteiger partial charge >= 0.3 is 11.9 Å². The molecule has 0 saturated carbocycles. The number of benzene rings is 2. The zero-order valence-electron chi connectivity index (χ0n) is 15.3. The summed E-state index contributed by atoms with van der Waals surface area (Å²) in [6.07, 6.45) is -1.97. The van der Waals surface area contributed by atoms with Gasteiger partial charge in [0.25, 0.3) is 0 Å². The molecule has 150 valence electrons. The topological polar surface area (TPSA) is 98.8 Å². The zero-order valence-corrected chi connectivity index (χ0v) is 18.2. The molecule has 1 heterocycles. The molecule has 3 atom stereocenters. The molecule has 0 aromatic heterocycles. The number of amides is 1. The van der Waals surface area contributed by atoms with Crippen molar-refractivity contribution in [3.63, 3.8) is 0 Å². The summed E-state index contributed by atoms with van der Waals surface area (Å²) in [7, 11) is 0. The van der Waals surface area contributed by atoms with Crippen LogP contribution in [0.1, 0.15) is 27.1 Å². The summed E-state index contributed by atoms with van der Waals surface area (Å²) in [6, 6.07) is 16.3. The normalized spacial score (nSPS) is 22.7. The third-order valence-corrected chi connectivity index (χ3v) is 4.39. The summed E-state index contributed by atoms with van der Waals surface area (Å²) in [5, 5.41) is 2.50. The molecule has 0 radical (unpaired) electrons. The van der Waals surface area contributed by atoms with Gasteiger partial charge in [-0.3, -0.25) is 9.59 Å². The summed E-state index contributed by atoms with van der Waals surface area (Å²) in [6.45, 7) is 3.78. The molecule has 1 aliphatic heterocycles. The molecule has 2 aromatic carbocycles. The summed E-state index contributed by atoms with van der Waals surface area (Å²) in [5.74, 6) is -2.18. The molecule has 0 aliphatic carbocycles. The van der Waals surface area contributed by atoms with E-state index in [0.717, 1.165) is 0 Å². The Morgan fingerprint density at radius 1 is 1.07 bits per heavy atom. The first-order valence-electron chi connectivity index (χ1n) is 8.59. The second-order valence-corrected chi connectivity index (χ2v) is 6.33. The Hall–Kier alpha value is -2.79. The van der Waals surface area contributed by atoms with Crippen LogP contribution in [0.3, 0.4) is 0 Å². The Morgan fingerprint density at radius 3 is 2.17 bits per heavy atom. The van der Waals surface area contributed by atoms with Gasteiger partial charge in [-0.25, -0.2) is 4.79 Å². The fourth-order valence-electron chi connectivity index (χ4n) is 2.93. The van der Waals surface area contributed by atoms with Gasteiger partial charge in [-0.05, 0) is 24.3 Å². The van der Waals surface area contributed by atoms with Gasteiger partial charge in [0.2, 0.25) is 5.91 Å². The monoisotopic (exact) mass is 564 g/mol. The van der Waals surface area contributed by atoms with Crippen LogP contribution in [0.2, 0.25) is 0 Å². The maximum absolute atomic E-state index is 12.5. The predicted octanol–water partition coefficient (Wildman–Crippen LogP) is 1.73. The third-order valence-electron chi connectivity index (χ3n) is 4.39. The fraction of sp³-hybridized carbons (Fsp3) is 0.190. The van der Waals surface area contributed by atoms with E-state index in [1.807, 2.05) is 0 Å². The van der Waals surface area contributed by atoms with Crippen LogP contribution >= 0.6 is 0 Å². The first-order chi connectivity index (χ1) is 13.5. The quantitative estimate of drug-likeness (QED) is 0.326. The number of cyclic esters (lactones) is 1. The van der Waals surface area contributed by atoms with Crippen LogP contribution in [0.25, 0.3) is 0 Å². The minimum atomic E-state index is -1.88. The third kappa shape index (κ3) is 4.80. The van der Waals surface area contributed by atoms with Gasteiger partial charge in [0, 0.05) is 33.0 Å². The van der Waals surface area contributed by atoms with E-state index in [1.54, 1.807) is 60.7 Å². The van der Waals surface area contributed by atoms with Crippen molar-refractivity contribution in [2.75, 3.05) is 0 Å². The van der Waals surface area contributed by atoms with Crippen molar-refractivity contribution >= 4 is 24.1 Å². The van der Waals surface area contributed by atoms with Crippen molar-refractivity contribution < 1.29 is 49.7 Å². The Kier molecular flexibility index (Phi) is 7.45. The van der Waals surface area contributed by atoms with E-state index >= 15 is 0 Å². The first-order valence-corrected chi connectivity index (χ1v) is 8.59. The molecule has 3 rings (SSSR count). The van der Waals surface area contributed by atoms with Crippen LogP contribution in [-0.4, -0.2) is 41.9 Å². The Balaban J connectivity index is 0.00000300. The van der Waals surface area contributed by atoms with Gasteiger partial charge in [-0.1, -0.05) is 36.4 Å². The molecule has 29 heavy (non-hydrogen) atoms. The average molecular weight is 564 g/mol. The standard InChI is InChI=1S/C21H18NO6.W/c1-21(22-18(24)14-8-4-2-5-9-14)17(16(12-13-23)27-20(21)26)28-19(25)15-10-6-3-7-11-15;/h2-11,13,16-17H,1,12H2,(H,22,24);/q-1;/t16-,17+,21+;/m1./s1. The molecule has 1 fully saturated rings. The van der Waals surface area contributed by atoms with Crippen molar-refractivity contribution in [1.82, 2.24) is 5.32 Å². The van der Waals surface area contributed by atoms with E-state index < -0.39 is 35.6 Å². The molecule has 0 unspecified atom stereocenters. The SMILES string of the molecule is [CH2-][C@@]1(NC(=O)c2ccccc2)C(=O)O[C@H](CC=O)[C@@H]1OC(=O)c1ccccc1.[W]. The Morgan fingerprint density at radius 2 is 1.62 bits per heavy atom. The fourth-order valence-corrected chi connectivity index (χ4v) is 2.93. The number of hydrogen-bond acceptors (Lipinski definition) is 6. The molecular weight excluding hydrogens is 546 g/mol. The summed E-state index contributed by atoms with van der Waals surface area (Å²) >= 11 is 0. The van der Waals surface area contributed by atoms with Gasteiger partial charge in [0.05, 0.1) is 11.1 Å². The van der Waals surface area contributed by atoms with Gasteiger partial charge in [0.1, 0.15) is 18.5 Å². The second-order valence-electron chi connectivity index (χ2n) is 6.33. The van der Waals surface area contributed by atoms with Crippen molar-refractivity contribution in [2.45, 2.75) is 24.2 Å². The maximum Gasteiger partial charge on any atom is 0.338 e. The van der Waals surface area contributed by atoms with Crippen LogP contribution < -0.4 is 5.32 Å². The number of carbonyl (C=O) groups excluding carboxylic acids is 4. The van der Waals surface area contributed by atoms with E-state index in [-0.39, 0.29) is 33.0 Å². The summed E-state index contributed by atoms with van der Waals surface area (Å²) < 4.78 is 10.6. The smallest absolute Gasteiger partial charge is 0.338 e. The number of rotatable bonds is 6. The maximum atomic E-state index is 12.5. The number of nitrogens with one attached hydrogen (secondary N) is 1. The van der Waals surface area contributed by atoms with Crippen LogP contribution in [0.4, 0.5) is 0 Å². The van der Waals surface area contributed by atoms with E-state index in [1.165, 1.54) is 0 Å². The Bertz CT molecular complexity index is 889. The zero-order chi connectivity index (χ0) is 20.1. The number of esters is 2. The molecule has 2 aromatic rings. The number of hydrogen-bond donors (Lipinski definition) is 1. The molecule has 1 N–H and O–H groups in total. The van der Waals surface area contributed by atoms with Gasteiger partial charge in [-0.2, -0.15) is 0 Å². The average Bonchev–Trinajstić information content (AvgIpc) is 2.93. The van der Waals surface area contributed by atoms with Crippen molar-refractivity contribution in [1.29, 1.82) is 0 Å². The minimum absolute atomic E-state index is 0. The predicted molar refractivity (Wildman–Crippen MR) is 98.2 cm³/mol. The molecule has 0 spiro atoms. The van der Waals surface area contributed by atoms with Crippen molar-refractivity contribution in [2.24, 2.45) is 0 Å². The largest absolute Gasteiger partial charge is 0.458 e. The molecule has 0 bridgehead atoms. The van der Waals surface area contributed by atoms with E-state index in [0.29, 0.717) is 11.8 Å². The summed E-state index contributed by atoms with van der Waals surface area (Å²) in [4.78, 5) is 48.5. The van der Waals surface area contributed by atoms with E-state index in [4.69, 9.17) is 9.47 Å². The first kappa shape index (κ1) is 22.5. The molecule has 1 saturated heterocycles. The molecule has 7 nitrogen and oxygen atoms in total. The van der Waals surface area contributed by atoms with Gasteiger partial charge in [0.15, 0.2) is 0 Å². The molecule has 1 amide bonds. The van der Waals surface area contributed by atoms with Crippen LogP contribution in [0.5, 0.6) is 0 Å². The molecule has 8 heteroatoms.